The second-order valence-electron chi connectivity index (χ2n) is 8.27. The molecule has 0 aliphatic carbocycles. The summed E-state index contributed by atoms with van der Waals surface area (Å²) in [4.78, 5) is 15.3. The highest BCUT2D eigenvalue weighted by atomic mass is 32.2. The van der Waals surface area contributed by atoms with Gasteiger partial charge in [0.15, 0.2) is 4.32 Å². The van der Waals surface area contributed by atoms with Crippen LogP contribution in [0.15, 0.2) is 108 Å². The SMILES string of the molecule is Cc1ccc(COc2cccc(/C=C3\SC(=S)N(c4ccc(Oc5ccccc5)cc4)C3=O)c2)cc1. The van der Waals surface area contributed by atoms with Crippen LogP contribution in [0, 0.1) is 6.92 Å². The van der Waals surface area contributed by atoms with Crippen molar-refractivity contribution in [1.29, 1.82) is 0 Å². The number of para-hydroxylation sites is 1. The second kappa shape index (κ2) is 10.8. The van der Waals surface area contributed by atoms with E-state index in [1.165, 1.54) is 17.3 Å². The summed E-state index contributed by atoms with van der Waals surface area (Å²) in [5.41, 5.74) is 3.90. The normalized spacial score (nSPS) is 14.4. The lowest BCUT2D eigenvalue weighted by molar-refractivity contribution is -0.113. The van der Waals surface area contributed by atoms with Gasteiger partial charge in [0.25, 0.3) is 5.91 Å². The Morgan fingerprint density at radius 3 is 2.28 bits per heavy atom. The van der Waals surface area contributed by atoms with E-state index in [4.69, 9.17) is 21.7 Å². The van der Waals surface area contributed by atoms with Crippen LogP contribution in [-0.4, -0.2) is 10.2 Å². The maximum atomic E-state index is 13.2. The molecule has 0 atom stereocenters. The predicted octanol–water partition coefficient (Wildman–Crippen LogP) is 7.77. The van der Waals surface area contributed by atoms with E-state index in [1.807, 2.05) is 84.9 Å². The number of ether oxygens (including phenoxy) is 2. The van der Waals surface area contributed by atoms with Gasteiger partial charge in [0.1, 0.15) is 23.9 Å². The van der Waals surface area contributed by atoms with E-state index in [0.717, 1.165) is 22.6 Å². The Labute approximate surface area is 220 Å². The van der Waals surface area contributed by atoms with Gasteiger partial charge in [0.05, 0.1) is 10.6 Å². The maximum absolute atomic E-state index is 13.2. The Kier molecular flexibility index (Phi) is 7.16. The molecule has 1 aliphatic heterocycles. The number of hydrogen-bond donors (Lipinski definition) is 0. The molecule has 0 unspecified atom stereocenters. The van der Waals surface area contributed by atoms with Crippen LogP contribution in [0.25, 0.3) is 6.08 Å². The molecule has 0 aromatic heterocycles. The number of aryl methyl sites for hydroxylation is 1. The molecule has 0 N–H and O–H groups in total. The zero-order valence-corrected chi connectivity index (χ0v) is 21.2. The number of thioether (sulfide) groups is 1. The molecule has 1 aliphatic rings. The van der Waals surface area contributed by atoms with Crippen LogP contribution in [-0.2, 0) is 11.4 Å². The molecular formula is C30H23NO3S2. The van der Waals surface area contributed by atoms with Gasteiger partial charge in [-0.1, -0.05) is 84.1 Å². The van der Waals surface area contributed by atoms with E-state index in [1.54, 1.807) is 4.90 Å². The minimum absolute atomic E-state index is 0.146. The van der Waals surface area contributed by atoms with Gasteiger partial charge in [-0.05, 0) is 72.7 Å². The molecule has 1 amide bonds. The molecule has 178 valence electrons. The van der Waals surface area contributed by atoms with Gasteiger partial charge in [-0.15, -0.1) is 0 Å². The van der Waals surface area contributed by atoms with Crippen molar-refractivity contribution in [3.8, 4) is 17.2 Å². The first-order valence-corrected chi connectivity index (χ1v) is 12.7. The average Bonchev–Trinajstić information content (AvgIpc) is 3.17. The van der Waals surface area contributed by atoms with Crippen LogP contribution in [0.3, 0.4) is 0 Å². The zero-order chi connectivity index (χ0) is 24.9. The highest BCUT2D eigenvalue weighted by Crippen LogP contribution is 2.37. The fraction of sp³-hybridized carbons (Fsp3) is 0.0667. The van der Waals surface area contributed by atoms with E-state index in [2.05, 4.69) is 31.2 Å². The van der Waals surface area contributed by atoms with Gasteiger partial charge in [-0.25, -0.2) is 0 Å². The largest absolute Gasteiger partial charge is 0.489 e. The minimum Gasteiger partial charge on any atom is -0.489 e. The topological polar surface area (TPSA) is 38.8 Å². The Hall–Kier alpha value is -3.87. The lowest BCUT2D eigenvalue weighted by atomic mass is 10.1. The Bertz CT molecular complexity index is 1420. The Balaban J connectivity index is 1.27. The molecule has 4 aromatic carbocycles. The maximum Gasteiger partial charge on any atom is 0.270 e. The molecule has 5 rings (SSSR count). The molecule has 6 heteroatoms. The predicted molar refractivity (Wildman–Crippen MR) is 151 cm³/mol. The van der Waals surface area contributed by atoms with Crippen molar-refractivity contribution < 1.29 is 14.3 Å². The monoisotopic (exact) mass is 509 g/mol. The van der Waals surface area contributed by atoms with Crippen molar-refractivity contribution in [3.63, 3.8) is 0 Å². The van der Waals surface area contributed by atoms with Crippen molar-refractivity contribution in [1.82, 2.24) is 0 Å². The summed E-state index contributed by atoms with van der Waals surface area (Å²) in [5, 5.41) is 0. The summed E-state index contributed by atoms with van der Waals surface area (Å²) in [6.07, 6.45) is 1.85. The molecule has 0 radical (unpaired) electrons. The molecule has 4 aromatic rings. The lowest BCUT2D eigenvalue weighted by Gasteiger charge is -2.15. The third-order valence-electron chi connectivity index (χ3n) is 5.55. The van der Waals surface area contributed by atoms with Gasteiger partial charge in [-0.2, -0.15) is 0 Å². The van der Waals surface area contributed by atoms with Crippen LogP contribution in [0.4, 0.5) is 5.69 Å². The van der Waals surface area contributed by atoms with E-state index in [0.29, 0.717) is 27.3 Å². The molecule has 0 bridgehead atoms. The summed E-state index contributed by atoms with van der Waals surface area (Å²) in [5.74, 6) is 2.04. The number of thiocarbonyl (C=S) groups is 1. The van der Waals surface area contributed by atoms with Crippen molar-refractivity contribution in [2.75, 3.05) is 4.90 Å². The molecule has 4 nitrogen and oxygen atoms in total. The Morgan fingerprint density at radius 2 is 1.53 bits per heavy atom. The molecule has 0 spiro atoms. The smallest absolute Gasteiger partial charge is 0.270 e. The van der Waals surface area contributed by atoms with E-state index < -0.39 is 0 Å². The minimum atomic E-state index is -0.146. The number of carbonyl (C=O) groups is 1. The van der Waals surface area contributed by atoms with Crippen LogP contribution < -0.4 is 14.4 Å². The Morgan fingerprint density at radius 1 is 0.833 bits per heavy atom. The fourth-order valence-electron chi connectivity index (χ4n) is 3.67. The second-order valence-corrected chi connectivity index (χ2v) is 9.95. The molecule has 1 fully saturated rings. The van der Waals surface area contributed by atoms with E-state index in [-0.39, 0.29) is 5.91 Å². The number of amides is 1. The van der Waals surface area contributed by atoms with Crippen molar-refractivity contribution in [2.24, 2.45) is 0 Å². The van der Waals surface area contributed by atoms with E-state index in [9.17, 15) is 4.79 Å². The molecule has 1 heterocycles. The lowest BCUT2D eigenvalue weighted by Crippen LogP contribution is -2.27. The average molecular weight is 510 g/mol. The standard InChI is InChI=1S/C30H23NO3S2/c1-21-10-12-22(13-11-21)20-33-27-9-5-6-23(18-27)19-28-29(32)31(30(35)36-28)24-14-16-26(17-15-24)34-25-7-3-2-4-8-25/h2-19H,20H2,1H3/b28-19-. The first-order chi connectivity index (χ1) is 17.5. The number of nitrogens with zero attached hydrogens (tertiary/aromatic N) is 1. The first kappa shape index (κ1) is 23.9. The third kappa shape index (κ3) is 5.67. The fourth-order valence-corrected chi connectivity index (χ4v) is 4.97. The molecule has 0 saturated carbocycles. The molecule has 1 saturated heterocycles. The van der Waals surface area contributed by atoms with Crippen molar-refractivity contribution >= 4 is 46.0 Å². The van der Waals surface area contributed by atoms with Crippen LogP contribution >= 0.6 is 24.0 Å². The van der Waals surface area contributed by atoms with Crippen LogP contribution in [0.2, 0.25) is 0 Å². The summed E-state index contributed by atoms with van der Waals surface area (Å²) in [6.45, 7) is 2.54. The van der Waals surface area contributed by atoms with E-state index >= 15 is 0 Å². The first-order valence-electron chi connectivity index (χ1n) is 11.4. The summed E-state index contributed by atoms with van der Waals surface area (Å²) in [7, 11) is 0. The number of rotatable bonds is 7. The quantitative estimate of drug-likeness (QED) is 0.188. The van der Waals surface area contributed by atoms with Crippen LogP contribution in [0.1, 0.15) is 16.7 Å². The number of benzene rings is 4. The number of anilines is 1. The molecule has 36 heavy (non-hydrogen) atoms. The highest BCUT2D eigenvalue weighted by Gasteiger charge is 2.33. The number of hydrogen-bond acceptors (Lipinski definition) is 5. The van der Waals surface area contributed by atoms with Crippen LogP contribution in [0.5, 0.6) is 17.2 Å². The highest BCUT2D eigenvalue weighted by molar-refractivity contribution is 8.27. The van der Waals surface area contributed by atoms with Crippen molar-refractivity contribution in [2.45, 2.75) is 13.5 Å². The van der Waals surface area contributed by atoms with Gasteiger partial charge in [0, 0.05) is 0 Å². The van der Waals surface area contributed by atoms with Gasteiger partial charge in [0.2, 0.25) is 0 Å². The van der Waals surface area contributed by atoms with Gasteiger partial charge < -0.3 is 9.47 Å². The third-order valence-corrected chi connectivity index (χ3v) is 6.85. The number of carbonyl (C=O) groups excluding carboxylic acids is 1. The summed E-state index contributed by atoms with van der Waals surface area (Å²) < 4.78 is 12.3. The summed E-state index contributed by atoms with van der Waals surface area (Å²) in [6, 6.07) is 32.9. The van der Waals surface area contributed by atoms with Gasteiger partial charge in [-0.3, -0.25) is 9.69 Å². The van der Waals surface area contributed by atoms with Crippen molar-refractivity contribution in [3.05, 3.63) is 125 Å². The molecular weight excluding hydrogens is 486 g/mol. The summed E-state index contributed by atoms with van der Waals surface area (Å²) >= 11 is 6.83. The zero-order valence-electron chi connectivity index (χ0n) is 19.6. The van der Waals surface area contributed by atoms with Gasteiger partial charge >= 0.3 is 0 Å².